The van der Waals surface area contributed by atoms with Gasteiger partial charge in [0, 0.05) is 18.7 Å². The number of esters is 1. The van der Waals surface area contributed by atoms with Crippen LogP contribution in [0.5, 0.6) is 0 Å². The molecule has 0 atom stereocenters. The molecule has 0 spiro atoms. The molecule has 0 aliphatic carbocycles. The Kier molecular flexibility index (Phi) is 6.76. The van der Waals surface area contributed by atoms with Crippen LogP contribution in [-0.4, -0.2) is 24.4 Å². The average Bonchev–Trinajstić information content (AvgIpc) is 2.63. The second-order valence-corrected chi connectivity index (χ2v) is 5.40. The summed E-state index contributed by atoms with van der Waals surface area (Å²) in [5.41, 5.74) is 0.510. The predicted molar refractivity (Wildman–Crippen MR) is 94.2 cm³/mol. The summed E-state index contributed by atoms with van der Waals surface area (Å²) in [6, 6.07) is 11.5. The first-order valence-corrected chi connectivity index (χ1v) is 7.81. The first-order chi connectivity index (χ1) is 12.8. The zero-order chi connectivity index (χ0) is 19.8. The Balaban J connectivity index is 2.00. The summed E-state index contributed by atoms with van der Waals surface area (Å²) in [7, 11) is 0. The van der Waals surface area contributed by atoms with E-state index in [0.717, 1.165) is 18.2 Å². The van der Waals surface area contributed by atoms with Gasteiger partial charge in [-0.05, 0) is 23.8 Å². The maximum absolute atomic E-state index is 13.1. The molecule has 0 bridgehead atoms. The van der Waals surface area contributed by atoms with Crippen LogP contribution in [0.3, 0.4) is 0 Å². The Hall–Kier alpha value is -3.55. The second-order valence-electron chi connectivity index (χ2n) is 5.40. The van der Waals surface area contributed by atoms with Gasteiger partial charge in [-0.25, -0.2) is 13.6 Å². The topological polar surface area (TPSA) is 84.5 Å². The molecular weight excluding hydrogens is 358 g/mol. The molecule has 2 aromatic rings. The Morgan fingerprint density at radius 1 is 1.04 bits per heavy atom. The highest BCUT2D eigenvalue weighted by Gasteiger charge is 2.15. The van der Waals surface area contributed by atoms with Crippen LogP contribution >= 0.6 is 0 Å². The molecule has 0 heterocycles. The van der Waals surface area contributed by atoms with Crippen LogP contribution < -0.4 is 10.6 Å². The summed E-state index contributed by atoms with van der Waals surface area (Å²) < 4.78 is 30.8. The number of carbonyl (C=O) groups excluding carboxylic acids is 3. The molecule has 2 rings (SSSR count). The van der Waals surface area contributed by atoms with E-state index in [2.05, 4.69) is 10.6 Å². The lowest BCUT2D eigenvalue weighted by molar-refractivity contribution is -0.144. The van der Waals surface area contributed by atoms with Crippen molar-refractivity contribution in [3.05, 3.63) is 71.4 Å². The number of rotatable bonds is 6. The van der Waals surface area contributed by atoms with Crippen LogP contribution in [-0.2, 0) is 19.1 Å². The third kappa shape index (κ3) is 6.35. The summed E-state index contributed by atoms with van der Waals surface area (Å²) in [4.78, 5) is 35.2. The number of amides is 2. The molecule has 0 aromatic heterocycles. The van der Waals surface area contributed by atoms with Gasteiger partial charge in [-0.3, -0.25) is 9.59 Å². The summed E-state index contributed by atoms with van der Waals surface area (Å²) in [6.07, 6.45) is 1.40. The van der Waals surface area contributed by atoms with Gasteiger partial charge in [0.05, 0.1) is 0 Å². The largest absolute Gasteiger partial charge is 0.451 e. The van der Waals surface area contributed by atoms with E-state index in [-0.39, 0.29) is 11.4 Å². The quantitative estimate of drug-likeness (QED) is 0.601. The fourth-order valence-electron chi connectivity index (χ4n) is 2.03. The first kappa shape index (κ1) is 19.8. The Morgan fingerprint density at radius 2 is 1.74 bits per heavy atom. The molecule has 0 aliphatic heterocycles. The monoisotopic (exact) mass is 374 g/mol. The molecule has 2 aromatic carbocycles. The van der Waals surface area contributed by atoms with Gasteiger partial charge in [0.2, 0.25) is 5.91 Å². The number of halogens is 2. The van der Waals surface area contributed by atoms with E-state index in [1.54, 1.807) is 30.3 Å². The van der Waals surface area contributed by atoms with E-state index < -0.39 is 36.0 Å². The maximum Gasteiger partial charge on any atom is 0.355 e. The molecule has 0 unspecified atom stereocenters. The van der Waals surface area contributed by atoms with E-state index in [1.165, 1.54) is 13.0 Å². The van der Waals surface area contributed by atoms with Gasteiger partial charge in [0.15, 0.2) is 18.2 Å². The fourth-order valence-corrected chi connectivity index (χ4v) is 2.03. The van der Waals surface area contributed by atoms with Crippen LogP contribution in [0, 0.1) is 11.6 Å². The predicted octanol–water partition coefficient (Wildman–Crippen LogP) is 2.62. The van der Waals surface area contributed by atoms with Crippen molar-refractivity contribution >= 4 is 29.5 Å². The first-order valence-electron chi connectivity index (χ1n) is 7.81. The standard InChI is InChI=1S/C19H16F2N2O4/c1-12(24)22-17(9-13-5-3-2-4-6-13)19(26)27-11-18(25)23-14-7-8-15(20)16(21)10-14/h2-10H,11H2,1H3,(H,22,24)(H,23,25)/b17-9-. The van der Waals surface area contributed by atoms with Gasteiger partial charge in [0.25, 0.3) is 5.91 Å². The van der Waals surface area contributed by atoms with Crippen LogP contribution in [0.4, 0.5) is 14.5 Å². The van der Waals surface area contributed by atoms with Crippen molar-refractivity contribution in [3.63, 3.8) is 0 Å². The van der Waals surface area contributed by atoms with E-state index in [9.17, 15) is 23.2 Å². The molecule has 27 heavy (non-hydrogen) atoms. The van der Waals surface area contributed by atoms with Crippen molar-refractivity contribution in [1.29, 1.82) is 0 Å². The molecule has 0 fully saturated rings. The molecule has 2 amide bonds. The van der Waals surface area contributed by atoms with Gasteiger partial charge < -0.3 is 15.4 Å². The molecule has 0 radical (unpaired) electrons. The van der Waals surface area contributed by atoms with Gasteiger partial charge in [-0.15, -0.1) is 0 Å². The molecule has 8 heteroatoms. The third-order valence-electron chi connectivity index (χ3n) is 3.18. The lowest BCUT2D eigenvalue weighted by atomic mass is 10.2. The van der Waals surface area contributed by atoms with Crippen molar-refractivity contribution < 1.29 is 27.9 Å². The number of hydrogen-bond acceptors (Lipinski definition) is 4. The van der Waals surface area contributed by atoms with Crippen molar-refractivity contribution in [2.24, 2.45) is 0 Å². The van der Waals surface area contributed by atoms with Crippen molar-refractivity contribution in [3.8, 4) is 0 Å². The van der Waals surface area contributed by atoms with Gasteiger partial charge in [0.1, 0.15) is 5.70 Å². The number of benzene rings is 2. The van der Waals surface area contributed by atoms with E-state index >= 15 is 0 Å². The lowest BCUT2D eigenvalue weighted by Crippen LogP contribution is -2.28. The highest BCUT2D eigenvalue weighted by molar-refractivity contribution is 5.99. The average molecular weight is 374 g/mol. The Morgan fingerprint density at radius 3 is 2.37 bits per heavy atom. The minimum Gasteiger partial charge on any atom is -0.451 e. The normalized spacial score (nSPS) is 10.9. The highest BCUT2D eigenvalue weighted by Crippen LogP contribution is 2.13. The van der Waals surface area contributed by atoms with Gasteiger partial charge in [-0.1, -0.05) is 30.3 Å². The summed E-state index contributed by atoms with van der Waals surface area (Å²) >= 11 is 0. The van der Waals surface area contributed by atoms with E-state index in [4.69, 9.17) is 4.74 Å². The van der Waals surface area contributed by atoms with Crippen molar-refractivity contribution in [2.75, 3.05) is 11.9 Å². The Bertz CT molecular complexity index is 883. The van der Waals surface area contributed by atoms with Crippen molar-refractivity contribution in [2.45, 2.75) is 6.92 Å². The summed E-state index contributed by atoms with van der Waals surface area (Å²) in [5.74, 6) is -4.33. The molecule has 0 aliphatic rings. The maximum atomic E-state index is 13.1. The van der Waals surface area contributed by atoms with E-state index in [1.807, 2.05) is 0 Å². The smallest absolute Gasteiger partial charge is 0.355 e. The van der Waals surface area contributed by atoms with Crippen molar-refractivity contribution in [1.82, 2.24) is 5.32 Å². The second kappa shape index (κ2) is 9.23. The number of hydrogen-bond donors (Lipinski definition) is 2. The molecule has 0 saturated heterocycles. The molecule has 140 valence electrons. The zero-order valence-corrected chi connectivity index (χ0v) is 14.3. The van der Waals surface area contributed by atoms with E-state index in [0.29, 0.717) is 5.56 Å². The van der Waals surface area contributed by atoms with Crippen LogP contribution in [0.2, 0.25) is 0 Å². The summed E-state index contributed by atoms with van der Waals surface area (Å²) in [6.45, 7) is 0.547. The Labute approximate surface area is 153 Å². The van der Waals surface area contributed by atoms with Gasteiger partial charge >= 0.3 is 5.97 Å². The van der Waals surface area contributed by atoms with Crippen LogP contribution in [0.1, 0.15) is 12.5 Å². The minimum absolute atomic E-state index is 0.0110. The number of anilines is 1. The van der Waals surface area contributed by atoms with Crippen LogP contribution in [0.25, 0.3) is 6.08 Å². The SMILES string of the molecule is CC(=O)N/C(=C\c1ccccc1)C(=O)OCC(=O)Nc1ccc(F)c(F)c1. The number of ether oxygens (including phenoxy) is 1. The summed E-state index contributed by atoms with van der Waals surface area (Å²) in [5, 5.41) is 4.61. The zero-order valence-electron chi connectivity index (χ0n) is 14.3. The number of carbonyl (C=O) groups is 3. The molecule has 6 nitrogen and oxygen atoms in total. The third-order valence-corrected chi connectivity index (χ3v) is 3.18. The number of nitrogens with one attached hydrogen (secondary N) is 2. The fraction of sp³-hybridized carbons (Fsp3) is 0.105. The minimum atomic E-state index is -1.12. The lowest BCUT2D eigenvalue weighted by Gasteiger charge is -2.10. The molecular formula is C19H16F2N2O4. The van der Waals surface area contributed by atoms with Gasteiger partial charge in [-0.2, -0.15) is 0 Å². The highest BCUT2D eigenvalue weighted by atomic mass is 19.2. The molecule has 0 saturated carbocycles. The molecule has 2 N–H and O–H groups in total. The van der Waals surface area contributed by atoms with Crippen LogP contribution in [0.15, 0.2) is 54.2 Å².